The Morgan fingerprint density at radius 1 is 1.13 bits per heavy atom. The third-order valence-electron chi connectivity index (χ3n) is 3.84. The van der Waals surface area contributed by atoms with Crippen LogP contribution in [-0.2, 0) is 0 Å². The van der Waals surface area contributed by atoms with Gasteiger partial charge in [-0.1, -0.05) is 12.1 Å². The number of rotatable bonds is 3. The first-order valence-electron chi connectivity index (χ1n) is 7.51. The van der Waals surface area contributed by atoms with Crippen molar-refractivity contribution in [2.75, 3.05) is 11.1 Å². The third kappa shape index (κ3) is 2.95. The number of benzene rings is 2. The van der Waals surface area contributed by atoms with Gasteiger partial charge in [-0.25, -0.2) is 14.4 Å². The van der Waals surface area contributed by atoms with Crippen LogP contribution in [0.3, 0.4) is 0 Å². The molecule has 0 radical (unpaired) electrons. The van der Waals surface area contributed by atoms with E-state index in [-0.39, 0.29) is 11.9 Å². The maximum Gasteiger partial charge on any atom is 0.138 e. The van der Waals surface area contributed by atoms with Gasteiger partial charge >= 0.3 is 0 Å². The average molecular weight is 310 g/mol. The lowest BCUT2D eigenvalue weighted by Gasteiger charge is -2.18. The van der Waals surface area contributed by atoms with Gasteiger partial charge in [-0.05, 0) is 50.6 Å². The van der Waals surface area contributed by atoms with E-state index in [9.17, 15) is 4.39 Å². The first kappa shape index (κ1) is 15.2. The second-order valence-electron chi connectivity index (χ2n) is 5.74. The first-order chi connectivity index (χ1) is 11.0. The smallest absolute Gasteiger partial charge is 0.138 e. The van der Waals surface area contributed by atoms with E-state index in [1.165, 1.54) is 0 Å². The van der Waals surface area contributed by atoms with Crippen molar-refractivity contribution < 1.29 is 4.39 Å². The van der Waals surface area contributed by atoms with Gasteiger partial charge in [0.2, 0.25) is 0 Å². The average Bonchev–Trinajstić information content (AvgIpc) is 2.50. The Bertz CT molecular complexity index is 876. The highest BCUT2D eigenvalue weighted by atomic mass is 19.1. The standard InChI is InChI=1S/C18H19FN4/c1-10-8-13(20)9-15(17(10)19)11(2)21-18-14-6-4-5-7-16(14)22-12(3)23-18/h4-9,11H,20H2,1-3H3,(H,21,22,23). The van der Waals surface area contributed by atoms with Crippen molar-refractivity contribution in [2.24, 2.45) is 0 Å². The number of aryl methyl sites for hydroxylation is 2. The van der Waals surface area contributed by atoms with Gasteiger partial charge in [0.15, 0.2) is 0 Å². The minimum Gasteiger partial charge on any atom is -0.399 e. The minimum atomic E-state index is -0.269. The number of nitrogens with two attached hydrogens (primary N) is 1. The van der Waals surface area contributed by atoms with Gasteiger partial charge in [0, 0.05) is 16.6 Å². The van der Waals surface area contributed by atoms with E-state index < -0.39 is 0 Å². The summed E-state index contributed by atoms with van der Waals surface area (Å²) >= 11 is 0. The number of halogens is 1. The van der Waals surface area contributed by atoms with Crippen molar-refractivity contribution in [3.63, 3.8) is 0 Å². The molecule has 0 aliphatic rings. The molecule has 0 fully saturated rings. The van der Waals surface area contributed by atoms with E-state index in [2.05, 4.69) is 15.3 Å². The van der Waals surface area contributed by atoms with Crippen LogP contribution in [0.4, 0.5) is 15.9 Å². The van der Waals surface area contributed by atoms with Gasteiger partial charge in [0.1, 0.15) is 17.5 Å². The second-order valence-corrected chi connectivity index (χ2v) is 5.74. The highest BCUT2D eigenvalue weighted by Gasteiger charge is 2.16. The molecular formula is C18H19FN4. The maximum absolute atomic E-state index is 14.4. The van der Waals surface area contributed by atoms with Crippen LogP contribution in [0, 0.1) is 19.7 Å². The lowest BCUT2D eigenvalue weighted by atomic mass is 10.0. The van der Waals surface area contributed by atoms with E-state index in [1.54, 1.807) is 19.1 Å². The van der Waals surface area contributed by atoms with Crippen LogP contribution in [0.5, 0.6) is 0 Å². The molecule has 0 aliphatic heterocycles. The number of hydrogen-bond donors (Lipinski definition) is 2. The third-order valence-corrected chi connectivity index (χ3v) is 3.84. The molecule has 0 spiro atoms. The molecule has 4 nitrogen and oxygen atoms in total. The van der Waals surface area contributed by atoms with Crippen LogP contribution < -0.4 is 11.1 Å². The summed E-state index contributed by atoms with van der Waals surface area (Å²) in [5, 5.41) is 4.20. The Hall–Kier alpha value is -2.69. The number of anilines is 2. The highest BCUT2D eigenvalue weighted by Crippen LogP contribution is 2.28. The van der Waals surface area contributed by atoms with Crippen molar-refractivity contribution >= 4 is 22.4 Å². The normalized spacial score (nSPS) is 12.3. The lowest BCUT2D eigenvalue weighted by Crippen LogP contribution is -2.12. The molecule has 23 heavy (non-hydrogen) atoms. The number of para-hydroxylation sites is 1. The van der Waals surface area contributed by atoms with E-state index >= 15 is 0 Å². The molecule has 0 saturated carbocycles. The summed E-state index contributed by atoms with van der Waals surface area (Å²) in [4.78, 5) is 8.88. The molecule has 1 aromatic heterocycles. The molecule has 3 rings (SSSR count). The number of nitrogens with one attached hydrogen (secondary N) is 1. The zero-order valence-corrected chi connectivity index (χ0v) is 13.4. The van der Waals surface area contributed by atoms with Crippen LogP contribution >= 0.6 is 0 Å². The highest BCUT2D eigenvalue weighted by molar-refractivity contribution is 5.89. The molecule has 3 N–H and O–H groups in total. The fourth-order valence-corrected chi connectivity index (χ4v) is 2.73. The van der Waals surface area contributed by atoms with E-state index in [0.29, 0.717) is 28.5 Å². The molecule has 0 saturated heterocycles. The Kier molecular flexibility index (Phi) is 3.86. The Morgan fingerprint density at radius 2 is 1.87 bits per heavy atom. The van der Waals surface area contributed by atoms with E-state index in [0.717, 1.165) is 10.9 Å². The number of fused-ring (bicyclic) bond motifs is 1. The van der Waals surface area contributed by atoms with Gasteiger partial charge in [-0.2, -0.15) is 0 Å². The molecule has 3 aromatic rings. The molecule has 0 aliphatic carbocycles. The summed E-state index contributed by atoms with van der Waals surface area (Å²) in [5.41, 5.74) is 8.34. The van der Waals surface area contributed by atoms with Crippen LogP contribution in [0.25, 0.3) is 10.9 Å². The predicted octanol–water partition coefficient (Wildman–Crippen LogP) is 4.14. The minimum absolute atomic E-state index is 0.241. The van der Waals surface area contributed by atoms with Gasteiger partial charge in [0.05, 0.1) is 11.6 Å². The number of nitrogen functional groups attached to an aromatic ring is 1. The molecule has 1 heterocycles. The van der Waals surface area contributed by atoms with Crippen molar-refractivity contribution in [3.05, 3.63) is 59.2 Å². The summed E-state index contributed by atoms with van der Waals surface area (Å²) in [6, 6.07) is 10.8. The van der Waals surface area contributed by atoms with E-state index in [4.69, 9.17) is 5.73 Å². The maximum atomic E-state index is 14.4. The predicted molar refractivity (Wildman–Crippen MR) is 91.9 cm³/mol. The van der Waals surface area contributed by atoms with Gasteiger partial charge in [-0.15, -0.1) is 0 Å². The Balaban J connectivity index is 2.02. The summed E-state index contributed by atoms with van der Waals surface area (Å²) in [7, 11) is 0. The second kappa shape index (κ2) is 5.83. The van der Waals surface area contributed by atoms with Gasteiger partial charge < -0.3 is 11.1 Å². The first-order valence-corrected chi connectivity index (χ1v) is 7.51. The van der Waals surface area contributed by atoms with Gasteiger partial charge in [-0.3, -0.25) is 0 Å². The topological polar surface area (TPSA) is 63.8 Å². The molecule has 0 amide bonds. The summed E-state index contributed by atoms with van der Waals surface area (Å²) < 4.78 is 14.4. The molecule has 118 valence electrons. The Labute approximate surface area is 134 Å². The van der Waals surface area contributed by atoms with Crippen molar-refractivity contribution in [1.82, 2.24) is 9.97 Å². The number of aromatic nitrogens is 2. The lowest BCUT2D eigenvalue weighted by molar-refractivity contribution is 0.592. The molecular weight excluding hydrogens is 291 g/mol. The van der Waals surface area contributed by atoms with Crippen molar-refractivity contribution in [2.45, 2.75) is 26.8 Å². The number of hydrogen-bond acceptors (Lipinski definition) is 4. The molecule has 2 aromatic carbocycles. The summed E-state index contributed by atoms with van der Waals surface area (Å²) in [5.74, 6) is 1.12. The molecule has 1 unspecified atom stereocenters. The monoisotopic (exact) mass is 310 g/mol. The number of nitrogens with zero attached hydrogens (tertiary/aromatic N) is 2. The van der Waals surface area contributed by atoms with Crippen LogP contribution in [0.2, 0.25) is 0 Å². The van der Waals surface area contributed by atoms with Crippen LogP contribution in [0.1, 0.15) is 29.9 Å². The summed E-state index contributed by atoms with van der Waals surface area (Å²) in [6.07, 6.45) is 0. The quantitative estimate of drug-likeness (QED) is 0.714. The van der Waals surface area contributed by atoms with Crippen molar-refractivity contribution in [3.8, 4) is 0 Å². The van der Waals surface area contributed by atoms with Crippen molar-refractivity contribution in [1.29, 1.82) is 0 Å². The fourth-order valence-electron chi connectivity index (χ4n) is 2.73. The Morgan fingerprint density at radius 3 is 2.65 bits per heavy atom. The molecule has 5 heteroatoms. The largest absolute Gasteiger partial charge is 0.399 e. The van der Waals surface area contributed by atoms with E-state index in [1.807, 2.05) is 38.1 Å². The van der Waals surface area contributed by atoms with Crippen LogP contribution in [-0.4, -0.2) is 9.97 Å². The van der Waals surface area contributed by atoms with Gasteiger partial charge in [0.25, 0.3) is 0 Å². The SMILES string of the molecule is Cc1nc(NC(C)c2cc(N)cc(C)c2F)c2ccccc2n1. The summed E-state index contributed by atoms with van der Waals surface area (Å²) in [6.45, 7) is 5.45. The fraction of sp³-hybridized carbons (Fsp3) is 0.222. The molecule has 1 atom stereocenters. The zero-order chi connectivity index (χ0) is 16.6. The van der Waals surface area contributed by atoms with Crippen LogP contribution in [0.15, 0.2) is 36.4 Å². The molecule has 0 bridgehead atoms. The zero-order valence-electron chi connectivity index (χ0n) is 13.4.